The van der Waals surface area contributed by atoms with Gasteiger partial charge >= 0.3 is 0 Å². The molecule has 0 aromatic carbocycles. The standard InChI is InChI=1S/C9H15ClO2S2/c10-9(7-1-3-13-5-7)8-2-4-14(11,12)6-8/h7-9H,1-6H2. The molecule has 0 amide bonds. The molecule has 3 atom stereocenters. The zero-order valence-electron chi connectivity index (χ0n) is 7.99. The van der Waals surface area contributed by atoms with Crippen LogP contribution < -0.4 is 0 Å². The molecule has 3 unspecified atom stereocenters. The molecule has 0 aliphatic carbocycles. The number of halogens is 1. The molecule has 2 aliphatic heterocycles. The van der Waals surface area contributed by atoms with Gasteiger partial charge in [-0.3, -0.25) is 0 Å². The molecule has 0 spiro atoms. The molecule has 0 saturated carbocycles. The van der Waals surface area contributed by atoms with E-state index in [1.165, 1.54) is 5.75 Å². The van der Waals surface area contributed by atoms with Crippen LogP contribution in [0.2, 0.25) is 0 Å². The van der Waals surface area contributed by atoms with Crippen LogP contribution in [-0.2, 0) is 9.84 Å². The second-order valence-corrected chi connectivity index (χ2v) is 8.11. The molecule has 0 bridgehead atoms. The van der Waals surface area contributed by atoms with E-state index < -0.39 is 9.84 Å². The van der Waals surface area contributed by atoms with Gasteiger partial charge in [-0.1, -0.05) is 0 Å². The highest BCUT2D eigenvalue weighted by molar-refractivity contribution is 7.99. The van der Waals surface area contributed by atoms with Crippen LogP contribution in [0, 0.1) is 11.8 Å². The number of hydrogen-bond acceptors (Lipinski definition) is 3. The molecule has 2 nitrogen and oxygen atoms in total. The van der Waals surface area contributed by atoms with Gasteiger partial charge in [-0.2, -0.15) is 11.8 Å². The molecule has 2 rings (SSSR count). The van der Waals surface area contributed by atoms with E-state index in [4.69, 9.17) is 11.6 Å². The fraction of sp³-hybridized carbons (Fsp3) is 1.00. The SMILES string of the molecule is O=S1(=O)CCC(C(Cl)C2CCSC2)C1. The molecule has 0 radical (unpaired) electrons. The number of hydrogen-bond donors (Lipinski definition) is 0. The van der Waals surface area contributed by atoms with Crippen LogP contribution in [0.4, 0.5) is 0 Å². The molecule has 2 saturated heterocycles. The first-order valence-electron chi connectivity index (χ1n) is 5.01. The molecule has 2 aliphatic rings. The topological polar surface area (TPSA) is 34.1 Å². The van der Waals surface area contributed by atoms with Crippen molar-refractivity contribution in [3.8, 4) is 0 Å². The van der Waals surface area contributed by atoms with Crippen molar-refractivity contribution in [1.82, 2.24) is 0 Å². The predicted molar refractivity (Wildman–Crippen MR) is 61.8 cm³/mol. The van der Waals surface area contributed by atoms with Gasteiger partial charge in [0.05, 0.1) is 11.5 Å². The summed E-state index contributed by atoms with van der Waals surface area (Å²) in [5.74, 6) is 3.73. The van der Waals surface area contributed by atoms with Gasteiger partial charge < -0.3 is 0 Å². The smallest absolute Gasteiger partial charge is 0.150 e. The molecule has 2 heterocycles. The van der Waals surface area contributed by atoms with Crippen LogP contribution in [0.25, 0.3) is 0 Å². The minimum atomic E-state index is -2.76. The number of alkyl halides is 1. The lowest BCUT2D eigenvalue weighted by Gasteiger charge is -2.21. The Balaban J connectivity index is 1.95. The summed E-state index contributed by atoms with van der Waals surface area (Å²) < 4.78 is 22.6. The second-order valence-electron chi connectivity index (χ2n) is 4.23. The van der Waals surface area contributed by atoms with Crippen LogP contribution in [0.5, 0.6) is 0 Å². The van der Waals surface area contributed by atoms with Crippen molar-refractivity contribution in [1.29, 1.82) is 0 Å². The molecule has 0 aromatic heterocycles. The zero-order valence-corrected chi connectivity index (χ0v) is 10.4. The summed E-state index contributed by atoms with van der Waals surface area (Å²) >= 11 is 8.28. The first-order chi connectivity index (χ1) is 6.58. The van der Waals surface area contributed by atoms with Crippen molar-refractivity contribution < 1.29 is 8.42 Å². The van der Waals surface area contributed by atoms with E-state index in [1.54, 1.807) is 0 Å². The van der Waals surface area contributed by atoms with E-state index >= 15 is 0 Å². The minimum absolute atomic E-state index is 0.0854. The Labute approximate surface area is 94.7 Å². The van der Waals surface area contributed by atoms with Gasteiger partial charge in [0.25, 0.3) is 0 Å². The van der Waals surface area contributed by atoms with Gasteiger partial charge in [-0.15, -0.1) is 11.6 Å². The van der Waals surface area contributed by atoms with Crippen molar-refractivity contribution in [2.75, 3.05) is 23.0 Å². The van der Waals surface area contributed by atoms with E-state index in [0.717, 1.165) is 18.6 Å². The monoisotopic (exact) mass is 254 g/mol. The summed E-state index contributed by atoms with van der Waals surface area (Å²) in [5, 5.41) is 0.0854. The Morgan fingerprint density at radius 2 is 2.07 bits per heavy atom. The Bertz CT molecular complexity index is 296. The molecule has 0 N–H and O–H groups in total. The van der Waals surface area contributed by atoms with E-state index in [9.17, 15) is 8.42 Å². The molecule has 2 fully saturated rings. The lowest BCUT2D eigenvalue weighted by Crippen LogP contribution is -2.25. The molecule has 82 valence electrons. The van der Waals surface area contributed by atoms with Gasteiger partial charge in [0.15, 0.2) is 9.84 Å². The zero-order chi connectivity index (χ0) is 10.2. The third kappa shape index (κ3) is 2.39. The van der Waals surface area contributed by atoms with Gasteiger partial charge in [-0.25, -0.2) is 8.42 Å². The largest absolute Gasteiger partial charge is 0.229 e. The number of rotatable bonds is 2. The van der Waals surface area contributed by atoms with Crippen molar-refractivity contribution >= 4 is 33.2 Å². The second kappa shape index (κ2) is 4.22. The Hall–Kier alpha value is 0.590. The molecular weight excluding hydrogens is 240 g/mol. The van der Waals surface area contributed by atoms with Crippen LogP contribution >= 0.6 is 23.4 Å². The fourth-order valence-corrected chi connectivity index (χ4v) is 6.07. The maximum absolute atomic E-state index is 11.3. The lowest BCUT2D eigenvalue weighted by molar-refractivity contribution is 0.437. The maximum Gasteiger partial charge on any atom is 0.150 e. The first-order valence-corrected chi connectivity index (χ1v) is 8.42. The summed E-state index contributed by atoms with van der Waals surface area (Å²) in [7, 11) is -2.76. The highest BCUT2D eigenvalue weighted by Crippen LogP contribution is 2.36. The molecule has 5 heteroatoms. The first kappa shape index (κ1) is 11.1. The summed E-state index contributed by atoms with van der Waals surface area (Å²) in [6.07, 6.45) is 1.94. The molecule has 0 aromatic rings. The third-order valence-corrected chi connectivity index (χ3v) is 6.83. The highest BCUT2D eigenvalue weighted by Gasteiger charge is 2.37. The van der Waals surface area contributed by atoms with Crippen LogP contribution in [0.1, 0.15) is 12.8 Å². The Kier molecular flexibility index (Phi) is 3.34. The Morgan fingerprint density at radius 3 is 2.57 bits per heavy atom. The maximum atomic E-state index is 11.3. The van der Waals surface area contributed by atoms with E-state index in [2.05, 4.69) is 0 Å². The van der Waals surface area contributed by atoms with Gasteiger partial charge in [-0.05, 0) is 36.2 Å². The summed E-state index contributed by atoms with van der Waals surface area (Å²) in [4.78, 5) is 0. The Morgan fingerprint density at radius 1 is 1.29 bits per heavy atom. The average Bonchev–Trinajstić information content (AvgIpc) is 2.72. The third-order valence-electron chi connectivity index (χ3n) is 3.13. The van der Waals surface area contributed by atoms with E-state index in [0.29, 0.717) is 17.4 Å². The lowest BCUT2D eigenvalue weighted by atomic mass is 9.93. The highest BCUT2D eigenvalue weighted by atomic mass is 35.5. The van der Waals surface area contributed by atoms with Gasteiger partial charge in [0, 0.05) is 5.38 Å². The van der Waals surface area contributed by atoms with Crippen LogP contribution in [-0.4, -0.2) is 36.8 Å². The quantitative estimate of drug-likeness (QED) is 0.705. The number of thioether (sulfide) groups is 1. The van der Waals surface area contributed by atoms with Gasteiger partial charge in [0.2, 0.25) is 0 Å². The molecule has 14 heavy (non-hydrogen) atoms. The minimum Gasteiger partial charge on any atom is -0.229 e. The summed E-state index contributed by atoms with van der Waals surface area (Å²) in [5.41, 5.74) is 0. The van der Waals surface area contributed by atoms with Crippen molar-refractivity contribution in [3.63, 3.8) is 0 Å². The predicted octanol–water partition coefficient (Wildman–Crippen LogP) is 1.78. The van der Waals surface area contributed by atoms with E-state index in [-0.39, 0.29) is 11.3 Å². The van der Waals surface area contributed by atoms with Crippen molar-refractivity contribution in [2.24, 2.45) is 11.8 Å². The van der Waals surface area contributed by atoms with E-state index in [1.807, 2.05) is 11.8 Å². The number of sulfone groups is 1. The van der Waals surface area contributed by atoms with Gasteiger partial charge in [0.1, 0.15) is 0 Å². The van der Waals surface area contributed by atoms with Crippen molar-refractivity contribution in [2.45, 2.75) is 18.2 Å². The summed E-state index contributed by atoms with van der Waals surface area (Å²) in [6, 6.07) is 0. The summed E-state index contributed by atoms with van der Waals surface area (Å²) in [6.45, 7) is 0. The fourth-order valence-electron chi connectivity index (χ4n) is 2.26. The van der Waals surface area contributed by atoms with Crippen LogP contribution in [0.3, 0.4) is 0 Å². The van der Waals surface area contributed by atoms with Crippen LogP contribution in [0.15, 0.2) is 0 Å². The average molecular weight is 255 g/mol. The molecular formula is C9H15ClO2S2. The van der Waals surface area contributed by atoms with Crippen molar-refractivity contribution in [3.05, 3.63) is 0 Å². The normalized spacial score (nSPS) is 38.6.